The molecule has 0 aromatic heterocycles. The van der Waals surface area contributed by atoms with Crippen molar-refractivity contribution in [1.82, 2.24) is 5.32 Å². The lowest BCUT2D eigenvalue weighted by Gasteiger charge is -2.14. The molecule has 0 heterocycles. The highest BCUT2D eigenvalue weighted by molar-refractivity contribution is 9.11. The van der Waals surface area contributed by atoms with Crippen LogP contribution < -0.4 is 10.1 Å². The van der Waals surface area contributed by atoms with Gasteiger partial charge in [-0.1, -0.05) is 48.5 Å². The Morgan fingerprint density at radius 3 is 2.37 bits per heavy atom. The molecule has 0 amide bonds. The van der Waals surface area contributed by atoms with Crippen molar-refractivity contribution in [3.8, 4) is 5.75 Å². The highest BCUT2D eigenvalue weighted by Crippen LogP contribution is 2.25. The summed E-state index contributed by atoms with van der Waals surface area (Å²) in [5.41, 5.74) is 3.66. The lowest BCUT2D eigenvalue weighted by atomic mass is 10.1. The van der Waals surface area contributed by atoms with Crippen LogP contribution in [0.4, 0.5) is 0 Å². The smallest absolute Gasteiger partial charge is 0.125 e. The van der Waals surface area contributed by atoms with Crippen molar-refractivity contribution in [3.05, 3.63) is 39.9 Å². The van der Waals surface area contributed by atoms with Gasteiger partial charge in [-0.25, -0.2) is 0 Å². The van der Waals surface area contributed by atoms with Crippen molar-refractivity contribution in [1.29, 1.82) is 0 Å². The zero-order chi connectivity index (χ0) is 14.4. The predicted molar refractivity (Wildman–Crippen MR) is 86.0 cm³/mol. The number of aryl methyl sites for hydroxylation is 2. The first-order chi connectivity index (χ1) is 8.90. The van der Waals surface area contributed by atoms with Crippen molar-refractivity contribution in [3.63, 3.8) is 0 Å². The number of hydrogen-bond donors (Lipinski definition) is 1. The summed E-state index contributed by atoms with van der Waals surface area (Å²) in [5.74, 6) is 1.64. The summed E-state index contributed by atoms with van der Waals surface area (Å²) in [6, 6.07) is 4.37. The molecule has 0 bridgehead atoms. The summed E-state index contributed by atoms with van der Waals surface area (Å²) in [5, 5.41) is 3.46. The van der Waals surface area contributed by atoms with Gasteiger partial charge in [0.25, 0.3) is 0 Å². The number of ether oxygens (including phenoxy) is 1. The van der Waals surface area contributed by atoms with E-state index in [1.54, 1.807) is 0 Å². The summed E-state index contributed by atoms with van der Waals surface area (Å²) < 4.78 is 6.62. The van der Waals surface area contributed by atoms with E-state index in [-0.39, 0.29) is 0 Å². The topological polar surface area (TPSA) is 21.3 Å². The van der Waals surface area contributed by atoms with Gasteiger partial charge < -0.3 is 10.1 Å². The number of benzene rings is 1. The Balaban J connectivity index is 2.70. The minimum absolute atomic E-state index is 0.507. The molecule has 1 aromatic carbocycles. The Bertz CT molecular complexity index is 417. The second-order valence-corrected chi connectivity index (χ2v) is 6.51. The summed E-state index contributed by atoms with van der Waals surface area (Å²) in [7, 11) is 0. The Kier molecular flexibility index (Phi) is 6.59. The van der Waals surface area contributed by atoms with Crippen molar-refractivity contribution < 1.29 is 4.74 Å². The molecule has 0 aliphatic heterocycles. The first kappa shape index (κ1) is 16.3. The maximum Gasteiger partial charge on any atom is 0.125 e. The molecule has 0 fully saturated rings. The molecular formula is C16H24BrNO. The second-order valence-electron chi connectivity index (χ2n) is 5.39. The quantitative estimate of drug-likeness (QED) is 0.805. The molecule has 0 aliphatic carbocycles. The number of rotatable bonds is 7. The predicted octanol–water partition coefficient (Wildman–Crippen LogP) is 4.34. The fourth-order valence-corrected chi connectivity index (χ4v) is 2.14. The van der Waals surface area contributed by atoms with Crippen LogP contribution >= 0.6 is 15.9 Å². The number of nitrogens with one attached hydrogen (secondary N) is 1. The third-order valence-electron chi connectivity index (χ3n) is 2.77. The van der Waals surface area contributed by atoms with Crippen LogP contribution in [-0.2, 0) is 6.54 Å². The molecule has 0 saturated heterocycles. The van der Waals surface area contributed by atoms with Gasteiger partial charge in [-0.3, -0.25) is 0 Å². The minimum atomic E-state index is 0.507. The Hall–Kier alpha value is -0.800. The molecule has 19 heavy (non-hydrogen) atoms. The van der Waals surface area contributed by atoms with Gasteiger partial charge in [0.05, 0.1) is 0 Å². The molecule has 1 aromatic rings. The van der Waals surface area contributed by atoms with Gasteiger partial charge in [-0.05, 0) is 43.0 Å². The largest absolute Gasteiger partial charge is 0.488 e. The fourth-order valence-electron chi connectivity index (χ4n) is 2.03. The monoisotopic (exact) mass is 325 g/mol. The van der Waals surface area contributed by atoms with Crippen molar-refractivity contribution in [2.24, 2.45) is 5.92 Å². The maximum atomic E-state index is 5.76. The average molecular weight is 326 g/mol. The third-order valence-corrected chi connectivity index (χ3v) is 3.00. The summed E-state index contributed by atoms with van der Waals surface area (Å²) in [6.45, 7) is 14.9. The average Bonchev–Trinajstić information content (AvgIpc) is 2.26. The van der Waals surface area contributed by atoms with Crippen LogP contribution in [0.2, 0.25) is 0 Å². The standard InChI is InChI=1S/C16H24BrNO/c1-11(2)8-18-9-15-6-12(3)16(13(4)7-15)19-10-14(5)17/h6-7,11,18H,5,8-10H2,1-4H3. The Labute approximate surface area is 125 Å². The second kappa shape index (κ2) is 7.71. The van der Waals surface area contributed by atoms with Gasteiger partial charge in [0, 0.05) is 11.0 Å². The molecular weight excluding hydrogens is 302 g/mol. The normalized spacial score (nSPS) is 10.8. The van der Waals surface area contributed by atoms with Gasteiger partial charge in [-0.15, -0.1) is 0 Å². The first-order valence-electron chi connectivity index (χ1n) is 6.67. The lowest BCUT2D eigenvalue weighted by Crippen LogP contribution is -2.19. The van der Waals surface area contributed by atoms with Crippen LogP contribution in [0.3, 0.4) is 0 Å². The van der Waals surface area contributed by atoms with E-state index in [2.05, 4.69) is 67.7 Å². The van der Waals surface area contributed by atoms with E-state index >= 15 is 0 Å². The SMILES string of the molecule is C=C(Br)COc1c(C)cc(CNCC(C)C)cc1C. The first-order valence-corrected chi connectivity index (χ1v) is 7.46. The highest BCUT2D eigenvalue weighted by Gasteiger charge is 2.07. The van der Waals surface area contributed by atoms with Crippen LogP contribution in [0.5, 0.6) is 5.75 Å². The molecule has 106 valence electrons. The van der Waals surface area contributed by atoms with Crippen LogP contribution in [0.25, 0.3) is 0 Å². The van der Waals surface area contributed by atoms with Crippen molar-refractivity contribution in [2.45, 2.75) is 34.2 Å². The molecule has 0 aliphatic rings. The van der Waals surface area contributed by atoms with E-state index in [0.29, 0.717) is 12.5 Å². The maximum absolute atomic E-state index is 5.76. The van der Waals surface area contributed by atoms with E-state index in [4.69, 9.17) is 4.74 Å². The summed E-state index contributed by atoms with van der Waals surface area (Å²) in [6.07, 6.45) is 0. The van der Waals surface area contributed by atoms with Gasteiger partial charge in [0.15, 0.2) is 0 Å². The number of hydrogen-bond acceptors (Lipinski definition) is 2. The molecule has 1 N–H and O–H groups in total. The Morgan fingerprint density at radius 1 is 1.32 bits per heavy atom. The van der Waals surface area contributed by atoms with Crippen molar-refractivity contribution >= 4 is 15.9 Å². The molecule has 0 atom stereocenters. The lowest BCUT2D eigenvalue weighted by molar-refractivity contribution is 0.355. The fraction of sp³-hybridized carbons (Fsp3) is 0.500. The van der Waals surface area contributed by atoms with Crippen LogP contribution in [0.1, 0.15) is 30.5 Å². The summed E-state index contributed by atoms with van der Waals surface area (Å²) in [4.78, 5) is 0. The summed E-state index contributed by atoms with van der Waals surface area (Å²) >= 11 is 3.31. The highest BCUT2D eigenvalue weighted by atomic mass is 79.9. The third kappa shape index (κ3) is 5.79. The van der Waals surface area contributed by atoms with Gasteiger partial charge in [0.1, 0.15) is 12.4 Å². The van der Waals surface area contributed by atoms with E-state index < -0.39 is 0 Å². The van der Waals surface area contributed by atoms with Crippen LogP contribution in [-0.4, -0.2) is 13.2 Å². The molecule has 0 unspecified atom stereocenters. The molecule has 1 rings (SSSR count). The van der Waals surface area contributed by atoms with E-state index in [0.717, 1.165) is 23.3 Å². The zero-order valence-electron chi connectivity index (χ0n) is 12.3. The molecule has 0 saturated carbocycles. The van der Waals surface area contributed by atoms with Gasteiger partial charge in [-0.2, -0.15) is 0 Å². The molecule has 0 radical (unpaired) electrons. The van der Waals surface area contributed by atoms with E-state index in [1.165, 1.54) is 16.7 Å². The van der Waals surface area contributed by atoms with E-state index in [1.807, 2.05) is 0 Å². The van der Waals surface area contributed by atoms with E-state index in [9.17, 15) is 0 Å². The van der Waals surface area contributed by atoms with Crippen LogP contribution in [0.15, 0.2) is 23.2 Å². The van der Waals surface area contributed by atoms with Crippen molar-refractivity contribution in [2.75, 3.05) is 13.2 Å². The molecule has 3 heteroatoms. The van der Waals surface area contributed by atoms with Gasteiger partial charge in [0.2, 0.25) is 0 Å². The molecule has 0 spiro atoms. The number of halogens is 1. The Morgan fingerprint density at radius 2 is 1.89 bits per heavy atom. The minimum Gasteiger partial charge on any atom is -0.488 e. The zero-order valence-corrected chi connectivity index (χ0v) is 13.9. The van der Waals surface area contributed by atoms with Crippen LogP contribution in [0, 0.1) is 19.8 Å². The van der Waals surface area contributed by atoms with Gasteiger partial charge >= 0.3 is 0 Å². The molecule has 2 nitrogen and oxygen atoms in total.